The highest BCUT2D eigenvalue weighted by molar-refractivity contribution is 6.01. The predicted molar refractivity (Wildman–Crippen MR) is 123 cm³/mol. The number of nitrogens with two attached hydrogens (primary N) is 1. The van der Waals surface area contributed by atoms with Crippen molar-refractivity contribution < 1.29 is 19.1 Å². The molecule has 9 nitrogen and oxygen atoms in total. The first-order valence-electron chi connectivity index (χ1n) is 10.4. The Hall–Kier alpha value is -4.14. The topological polar surface area (TPSA) is 123 Å². The molecule has 0 radical (unpaired) electrons. The highest BCUT2D eigenvalue weighted by Gasteiger charge is 2.23. The molecule has 3 rings (SSSR count). The summed E-state index contributed by atoms with van der Waals surface area (Å²) >= 11 is 0. The van der Waals surface area contributed by atoms with Crippen LogP contribution in [0.3, 0.4) is 0 Å². The lowest BCUT2D eigenvalue weighted by molar-refractivity contribution is -0.144. The number of anilines is 1. The van der Waals surface area contributed by atoms with Gasteiger partial charge in [-0.05, 0) is 29.7 Å². The molecule has 0 amide bonds. The van der Waals surface area contributed by atoms with E-state index in [1.807, 2.05) is 25.1 Å². The second-order valence-electron chi connectivity index (χ2n) is 7.35. The summed E-state index contributed by atoms with van der Waals surface area (Å²) in [6, 6.07) is 16.2. The van der Waals surface area contributed by atoms with Crippen molar-refractivity contribution in [3.8, 4) is 5.75 Å². The van der Waals surface area contributed by atoms with Crippen LogP contribution in [0.25, 0.3) is 0 Å². The van der Waals surface area contributed by atoms with Gasteiger partial charge in [-0.15, -0.1) is 0 Å². The molecule has 0 unspecified atom stereocenters. The average molecular weight is 451 g/mol. The standard InChI is InChI=1S/C24H25N3O6/c1-3-16-9-11-18(12-10-16)32-15-20(29)33-14-19(28)21-22(25)27(24(31)26(2)23(21)30)13-17-7-5-4-6-8-17/h4-12H,3,13-15,25H2,1-2H3. The molecule has 2 N–H and O–H groups in total. The molecule has 3 aromatic rings. The van der Waals surface area contributed by atoms with Crippen LogP contribution in [0.2, 0.25) is 0 Å². The van der Waals surface area contributed by atoms with Crippen molar-refractivity contribution in [1.29, 1.82) is 0 Å². The van der Waals surface area contributed by atoms with E-state index in [4.69, 9.17) is 15.2 Å². The van der Waals surface area contributed by atoms with Crippen molar-refractivity contribution in [3.05, 3.63) is 92.1 Å². The summed E-state index contributed by atoms with van der Waals surface area (Å²) in [6.45, 7) is 0.988. The Morgan fingerprint density at radius 2 is 1.61 bits per heavy atom. The second kappa shape index (κ2) is 10.4. The van der Waals surface area contributed by atoms with Crippen LogP contribution in [0.5, 0.6) is 5.75 Å². The Morgan fingerprint density at radius 1 is 0.939 bits per heavy atom. The van der Waals surface area contributed by atoms with Gasteiger partial charge in [0.25, 0.3) is 5.56 Å². The zero-order valence-corrected chi connectivity index (χ0v) is 18.4. The quantitative estimate of drug-likeness (QED) is 0.387. The maximum absolute atomic E-state index is 12.7. The van der Waals surface area contributed by atoms with Crippen LogP contribution in [0.1, 0.15) is 28.4 Å². The number of esters is 1. The van der Waals surface area contributed by atoms with Gasteiger partial charge in [-0.1, -0.05) is 49.4 Å². The van der Waals surface area contributed by atoms with Gasteiger partial charge in [-0.3, -0.25) is 18.7 Å². The fourth-order valence-corrected chi connectivity index (χ4v) is 3.19. The number of ether oxygens (including phenoxy) is 2. The second-order valence-corrected chi connectivity index (χ2v) is 7.35. The highest BCUT2D eigenvalue weighted by Crippen LogP contribution is 2.13. The minimum absolute atomic E-state index is 0.0738. The van der Waals surface area contributed by atoms with Crippen LogP contribution in [-0.4, -0.2) is 34.1 Å². The minimum atomic E-state index is -0.852. The maximum atomic E-state index is 12.7. The molecule has 0 saturated carbocycles. The van der Waals surface area contributed by atoms with Crippen molar-refractivity contribution in [2.45, 2.75) is 19.9 Å². The van der Waals surface area contributed by atoms with E-state index in [2.05, 4.69) is 0 Å². The molecule has 0 atom stereocenters. The number of carbonyl (C=O) groups is 2. The lowest BCUT2D eigenvalue weighted by atomic mass is 10.2. The Labute approximate surface area is 190 Å². The third-order valence-corrected chi connectivity index (χ3v) is 5.10. The van der Waals surface area contributed by atoms with Gasteiger partial charge in [0.2, 0.25) is 5.78 Å². The molecule has 0 fully saturated rings. The van der Waals surface area contributed by atoms with E-state index in [0.717, 1.165) is 26.7 Å². The third-order valence-electron chi connectivity index (χ3n) is 5.10. The monoisotopic (exact) mass is 451 g/mol. The van der Waals surface area contributed by atoms with Gasteiger partial charge in [0, 0.05) is 7.05 Å². The molecular formula is C24H25N3O6. The average Bonchev–Trinajstić information content (AvgIpc) is 2.84. The Bertz CT molecular complexity index is 1260. The van der Waals surface area contributed by atoms with Gasteiger partial charge in [-0.25, -0.2) is 9.59 Å². The van der Waals surface area contributed by atoms with Crippen LogP contribution in [0.15, 0.2) is 64.2 Å². The summed E-state index contributed by atoms with van der Waals surface area (Å²) in [6.07, 6.45) is 0.881. The third kappa shape index (κ3) is 5.57. The zero-order valence-electron chi connectivity index (χ0n) is 18.4. The number of ketones is 1. The van der Waals surface area contributed by atoms with Crippen molar-refractivity contribution in [1.82, 2.24) is 9.13 Å². The number of hydrogen-bond donors (Lipinski definition) is 1. The molecule has 0 spiro atoms. The maximum Gasteiger partial charge on any atom is 0.344 e. The largest absolute Gasteiger partial charge is 0.482 e. The van der Waals surface area contributed by atoms with Crippen LogP contribution in [-0.2, 0) is 29.5 Å². The first-order valence-corrected chi connectivity index (χ1v) is 10.4. The van der Waals surface area contributed by atoms with Gasteiger partial charge in [0.15, 0.2) is 13.2 Å². The van der Waals surface area contributed by atoms with E-state index in [0.29, 0.717) is 5.75 Å². The first-order chi connectivity index (χ1) is 15.8. The van der Waals surface area contributed by atoms with E-state index in [1.54, 1.807) is 36.4 Å². The Kier molecular flexibility index (Phi) is 7.45. The molecule has 0 aliphatic heterocycles. The van der Waals surface area contributed by atoms with Crippen molar-refractivity contribution in [2.24, 2.45) is 7.05 Å². The number of nitrogens with zero attached hydrogens (tertiary/aromatic N) is 2. The van der Waals surface area contributed by atoms with E-state index >= 15 is 0 Å². The number of nitrogen functional groups attached to an aromatic ring is 1. The number of aromatic nitrogens is 2. The number of hydrogen-bond acceptors (Lipinski definition) is 7. The van der Waals surface area contributed by atoms with Crippen LogP contribution >= 0.6 is 0 Å². The zero-order chi connectivity index (χ0) is 24.0. The fourth-order valence-electron chi connectivity index (χ4n) is 3.19. The fraction of sp³-hybridized carbons (Fsp3) is 0.250. The van der Waals surface area contributed by atoms with Gasteiger partial charge in [0.05, 0.1) is 6.54 Å². The lowest BCUT2D eigenvalue weighted by Gasteiger charge is -2.15. The van der Waals surface area contributed by atoms with E-state index in [9.17, 15) is 19.2 Å². The number of Topliss-reactive ketones (excluding diaryl/α,β-unsaturated/α-hetero) is 1. The van der Waals surface area contributed by atoms with Gasteiger partial charge >= 0.3 is 11.7 Å². The van der Waals surface area contributed by atoms with Gasteiger partial charge in [0.1, 0.15) is 17.1 Å². The van der Waals surface area contributed by atoms with Crippen molar-refractivity contribution in [3.63, 3.8) is 0 Å². The molecule has 1 heterocycles. The number of rotatable bonds is 9. The van der Waals surface area contributed by atoms with Crippen LogP contribution < -0.4 is 21.7 Å². The first kappa shape index (κ1) is 23.5. The van der Waals surface area contributed by atoms with Gasteiger partial charge in [-0.2, -0.15) is 0 Å². The summed E-state index contributed by atoms with van der Waals surface area (Å²) in [5.41, 5.74) is 6.01. The molecule has 1 aromatic heterocycles. The smallest absolute Gasteiger partial charge is 0.344 e. The number of benzene rings is 2. The molecule has 2 aromatic carbocycles. The molecule has 33 heavy (non-hydrogen) atoms. The summed E-state index contributed by atoms with van der Waals surface area (Å²) < 4.78 is 12.2. The summed E-state index contributed by atoms with van der Waals surface area (Å²) in [4.78, 5) is 49.8. The normalized spacial score (nSPS) is 10.6. The Morgan fingerprint density at radius 3 is 2.24 bits per heavy atom. The number of carbonyl (C=O) groups excluding carboxylic acids is 2. The van der Waals surface area contributed by atoms with Gasteiger partial charge < -0.3 is 15.2 Å². The molecule has 0 bridgehead atoms. The van der Waals surface area contributed by atoms with E-state index in [1.165, 1.54) is 7.05 Å². The van der Waals surface area contributed by atoms with Crippen LogP contribution in [0, 0.1) is 0 Å². The lowest BCUT2D eigenvalue weighted by Crippen LogP contribution is -2.43. The van der Waals surface area contributed by atoms with Crippen molar-refractivity contribution in [2.75, 3.05) is 18.9 Å². The summed E-state index contributed by atoms with van der Waals surface area (Å²) in [7, 11) is 1.26. The molecule has 9 heteroatoms. The Balaban J connectivity index is 1.70. The highest BCUT2D eigenvalue weighted by atomic mass is 16.6. The van der Waals surface area contributed by atoms with E-state index < -0.39 is 41.8 Å². The molecule has 172 valence electrons. The molecule has 0 saturated heterocycles. The summed E-state index contributed by atoms with van der Waals surface area (Å²) in [5, 5.41) is 0. The predicted octanol–water partition coefficient (Wildman–Crippen LogP) is 1.54. The molecule has 0 aliphatic carbocycles. The van der Waals surface area contributed by atoms with E-state index in [-0.39, 0.29) is 12.4 Å². The molecule has 0 aliphatic rings. The molecular weight excluding hydrogens is 426 g/mol. The minimum Gasteiger partial charge on any atom is -0.482 e. The summed E-state index contributed by atoms with van der Waals surface area (Å²) in [5.74, 6) is -1.38. The van der Waals surface area contributed by atoms with Crippen LogP contribution in [0.4, 0.5) is 5.82 Å². The van der Waals surface area contributed by atoms with Crippen molar-refractivity contribution >= 4 is 17.6 Å². The number of aryl methyl sites for hydroxylation is 1. The SMILES string of the molecule is CCc1ccc(OCC(=O)OCC(=O)c2c(N)n(Cc3ccccc3)c(=O)n(C)c2=O)cc1.